The van der Waals surface area contributed by atoms with E-state index < -0.39 is 0 Å². The van der Waals surface area contributed by atoms with Crippen molar-refractivity contribution in [3.8, 4) is 0 Å². The lowest BCUT2D eigenvalue weighted by Gasteiger charge is -2.07. The van der Waals surface area contributed by atoms with Crippen LogP contribution in [0.4, 0.5) is 4.79 Å². The third-order valence-electron chi connectivity index (χ3n) is 5.53. The van der Waals surface area contributed by atoms with Crippen molar-refractivity contribution < 1.29 is 9.53 Å². The van der Waals surface area contributed by atoms with E-state index in [4.69, 9.17) is 4.74 Å². The summed E-state index contributed by atoms with van der Waals surface area (Å²) in [4.78, 5) is 11.6. The van der Waals surface area contributed by atoms with E-state index in [1.54, 1.807) is 0 Å². The third-order valence-corrected chi connectivity index (χ3v) is 5.53. The molecule has 0 aliphatic heterocycles. The van der Waals surface area contributed by atoms with Crippen molar-refractivity contribution in [1.82, 2.24) is 5.32 Å². The Kier molecular flexibility index (Phi) is 23.7. The van der Waals surface area contributed by atoms with Gasteiger partial charge in [-0.1, -0.05) is 129 Å². The van der Waals surface area contributed by atoms with Crippen LogP contribution in [0.3, 0.4) is 0 Å². The van der Waals surface area contributed by atoms with E-state index >= 15 is 0 Å². The average Bonchev–Trinajstić information content (AvgIpc) is 2.70. The number of carbonyl (C=O) groups is 1. The maximum absolute atomic E-state index is 11.6. The highest BCUT2D eigenvalue weighted by Crippen LogP contribution is 2.12. The van der Waals surface area contributed by atoms with Crippen LogP contribution in [0.5, 0.6) is 0 Å². The van der Waals surface area contributed by atoms with E-state index in [0.717, 1.165) is 19.4 Å². The largest absolute Gasteiger partial charge is 0.450 e. The Labute approximate surface area is 176 Å². The summed E-state index contributed by atoms with van der Waals surface area (Å²) in [5.41, 5.74) is 0. The second kappa shape index (κ2) is 24.3. The van der Waals surface area contributed by atoms with Gasteiger partial charge in [-0.25, -0.2) is 4.79 Å². The minimum absolute atomic E-state index is 0.231. The van der Waals surface area contributed by atoms with Gasteiger partial charge in [-0.15, -0.1) is 0 Å². The Balaban J connectivity index is 3.13. The smallest absolute Gasteiger partial charge is 0.407 e. The Hall–Kier alpha value is -0.730. The van der Waals surface area contributed by atoms with Gasteiger partial charge in [-0.05, 0) is 12.8 Å². The molecule has 0 unspecified atom stereocenters. The highest BCUT2D eigenvalue weighted by atomic mass is 16.5. The van der Waals surface area contributed by atoms with Crippen LogP contribution < -0.4 is 5.32 Å². The standard InChI is InChI=1S/C25H51NO2/c1-3-5-7-9-11-13-14-15-16-17-19-21-23-26-25(27)28-24-22-20-18-12-10-8-6-4-2/h3-24H2,1-2H3,(H,26,27). The van der Waals surface area contributed by atoms with Crippen molar-refractivity contribution in [2.45, 2.75) is 142 Å². The number of unbranched alkanes of at least 4 members (excludes halogenated alkanes) is 18. The van der Waals surface area contributed by atoms with E-state index in [-0.39, 0.29) is 6.09 Å². The number of alkyl carbamates (subject to hydrolysis) is 1. The summed E-state index contributed by atoms with van der Waals surface area (Å²) < 4.78 is 5.24. The van der Waals surface area contributed by atoms with Crippen LogP contribution in [0, 0.1) is 0 Å². The quantitative estimate of drug-likeness (QED) is 0.186. The van der Waals surface area contributed by atoms with Gasteiger partial charge < -0.3 is 10.1 Å². The van der Waals surface area contributed by atoms with Crippen LogP contribution in [0.15, 0.2) is 0 Å². The molecule has 0 heterocycles. The van der Waals surface area contributed by atoms with E-state index in [0.29, 0.717) is 6.61 Å². The molecule has 0 saturated carbocycles. The number of hydrogen-bond acceptors (Lipinski definition) is 2. The monoisotopic (exact) mass is 397 g/mol. The second-order valence-corrected chi connectivity index (χ2v) is 8.43. The fourth-order valence-corrected chi connectivity index (χ4v) is 3.61. The minimum atomic E-state index is -0.231. The van der Waals surface area contributed by atoms with Crippen molar-refractivity contribution >= 4 is 6.09 Å². The van der Waals surface area contributed by atoms with Gasteiger partial charge in [0, 0.05) is 6.54 Å². The molecule has 0 spiro atoms. The van der Waals surface area contributed by atoms with Gasteiger partial charge in [-0.3, -0.25) is 0 Å². The van der Waals surface area contributed by atoms with Crippen molar-refractivity contribution in [3.63, 3.8) is 0 Å². The highest BCUT2D eigenvalue weighted by molar-refractivity contribution is 5.66. The molecule has 0 bridgehead atoms. The first-order valence-corrected chi connectivity index (χ1v) is 12.7. The van der Waals surface area contributed by atoms with Gasteiger partial charge in [0.25, 0.3) is 0 Å². The van der Waals surface area contributed by atoms with E-state index in [2.05, 4.69) is 19.2 Å². The lowest BCUT2D eigenvalue weighted by Crippen LogP contribution is -2.25. The molecule has 0 fully saturated rings. The van der Waals surface area contributed by atoms with Gasteiger partial charge >= 0.3 is 6.09 Å². The Morgan fingerprint density at radius 2 is 0.893 bits per heavy atom. The summed E-state index contributed by atoms with van der Waals surface area (Å²) in [6, 6.07) is 0. The molecule has 0 aromatic rings. The van der Waals surface area contributed by atoms with E-state index in [1.165, 1.54) is 116 Å². The van der Waals surface area contributed by atoms with Crippen molar-refractivity contribution in [2.24, 2.45) is 0 Å². The van der Waals surface area contributed by atoms with Crippen LogP contribution in [-0.4, -0.2) is 19.2 Å². The highest BCUT2D eigenvalue weighted by Gasteiger charge is 2.01. The van der Waals surface area contributed by atoms with Gasteiger partial charge in [0.2, 0.25) is 0 Å². The first kappa shape index (κ1) is 27.3. The maximum Gasteiger partial charge on any atom is 0.407 e. The number of amides is 1. The topological polar surface area (TPSA) is 38.3 Å². The molecule has 0 aromatic heterocycles. The Morgan fingerprint density at radius 1 is 0.536 bits per heavy atom. The Morgan fingerprint density at radius 3 is 1.32 bits per heavy atom. The zero-order valence-corrected chi connectivity index (χ0v) is 19.4. The predicted molar refractivity (Wildman–Crippen MR) is 123 cm³/mol. The first-order valence-electron chi connectivity index (χ1n) is 12.7. The molecule has 0 radical (unpaired) electrons. The molecule has 0 aromatic carbocycles. The molecule has 0 saturated heterocycles. The third kappa shape index (κ3) is 23.3. The fraction of sp³-hybridized carbons (Fsp3) is 0.960. The number of carbonyl (C=O) groups excluding carboxylic acids is 1. The van der Waals surface area contributed by atoms with Crippen molar-refractivity contribution in [2.75, 3.05) is 13.2 Å². The molecular formula is C25H51NO2. The summed E-state index contributed by atoms with van der Waals surface area (Å²) in [5.74, 6) is 0. The minimum Gasteiger partial charge on any atom is -0.450 e. The molecule has 0 aliphatic rings. The van der Waals surface area contributed by atoms with Crippen molar-refractivity contribution in [3.05, 3.63) is 0 Å². The molecule has 1 N–H and O–H groups in total. The van der Waals surface area contributed by atoms with Gasteiger partial charge in [-0.2, -0.15) is 0 Å². The molecule has 3 heteroatoms. The van der Waals surface area contributed by atoms with Crippen LogP contribution in [0.2, 0.25) is 0 Å². The number of nitrogens with one attached hydrogen (secondary N) is 1. The zero-order chi connectivity index (χ0) is 20.5. The summed E-state index contributed by atoms with van der Waals surface area (Å²) in [6.45, 7) is 5.85. The predicted octanol–water partition coefficient (Wildman–Crippen LogP) is 8.55. The van der Waals surface area contributed by atoms with Crippen LogP contribution in [0.25, 0.3) is 0 Å². The number of ether oxygens (including phenoxy) is 1. The zero-order valence-electron chi connectivity index (χ0n) is 19.4. The van der Waals surface area contributed by atoms with Crippen LogP contribution in [0.1, 0.15) is 142 Å². The summed E-state index contributed by atoms with van der Waals surface area (Å²) in [6.07, 6.45) is 26.1. The molecule has 3 nitrogen and oxygen atoms in total. The van der Waals surface area contributed by atoms with Gasteiger partial charge in [0.05, 0.1) is 6.61 Å². The molecule has 0 atom stereocenters. The molecule has 28 heavy (non-hydrogen) atoms. The first-order chi connectivity index (χ1) is 13.8. The maximum atomic E-state index is 11.6. The molecule has 168 valence electrons. The Bertz CT molecular complexity index is 307. The fourth-order valence-electron chi connectivity index (χ4n) is 3.61. The summed E-state index contributed by atoms with van der Waals surface area (Å²) in [7, 11) is 0. The molecule has 1 amide bonds. The number of hydrogen-bond donors (Lipinski definition) is 1. The lowest BCUT2D eigenvalue weighted by molar-refractivity contribution is 0.143. The lowest BCUT2D eigenvalue weighted by atomic mass is 10.1. The van der Waals surface area contributed by atoms with Crippen molar-refractivity contribution in [1.29, 1.82) is 0 Å². The average molecular weight is 398 g/mol. The van der Waals surface area contributed by atoms with Gasteiger partial charge in [0.1, 0.15) is 0 Å². The molecular weight excluding hydrogens is 346 g/mol. The van der Waals surface area contributed by atoms with E-state index in [9.17, 15) is 4.79 Å². The van der Waals surface area contributed by atoms with E-state index in [1.807, 2.05) is 0 Å². The molecule has 0 rings (SSSR count). The van der Waals surface area contributed by atoms with Crippen LogP contribution in [-0.2, 0) is 4.74 Å². The van der Waals surface area contributed by atoms with Gasteiger partial charge in [0.15, 0.2) is 0 Å². The second-order valence-electron chi connectivity index (χ2n) is 8.43. The molecule has 0 aliphatic carbocycles. The summed E-state index contributed by atoms with van der Waals surface area (Å²) in [5, 5.41) is 2.88. The number of rotatable bonds is 22. The SMILES string of the molecule is CCCCCCCCCCCCCCNC(=O)OCCCCCCCCCC. The normalized spacial score (nSPS) is 10.9. The van der Waals surface area contributed by atoms with Crippen LogP contribution >= 0.6 is 0 Å². The summed E-state index contributed by atoms with van der Waals surface area (Å²) >= 11 is 0.